The van der Waals surface area contributed by atoms with Crippen molar-refractivity contribution >= 4 is 5.69 Å². The van der Waals surface area contributed by atoms with Crippen LogP contribution in [0.4, 0.5) is 5.69 Å². The van der Waals surface area contributed by atoms with Crippen molar-refractivity contribution in [1.29, 1.82) is 5.26 Å². The molecule has 2 aromatic rings. The zero-order chi connectivity index (χ0) is 13.0. The fourth-order valence-electron chi connectivity index (χ4n) is 1.18. The van der Waals surface area contributed by atoms with E-state index in [4.69, 9.17) is 10.00 Å². The van der Waals surface area contributed by atoms with E-state index in [1.807, 2.05) is 6.07 Å². The number of rotatable bonds is 3. The standard InChI is InChI=1S/C11H6N4O3/c12-5-8-6-14-11(7-13-8)18-10-3-1-9(2-4-10)15(16)17/h1-4,6-7H. The van der Waals surface area contributed by atoms with Crippen molar-refractivity contribution in [1.82, 2.24) is 9.97 Å². The number of aromatic nitrogens is 2. The highest BCUT2D eigenvalue weighted by Gasteiger charge is 2.05. The molecule has 0 bridgehead atoms. The van der Waals surface area contributed by atoms with Crippen molar-refractivity contribution in [2.24, 2.45) is 0 Å². The maximum atomic E-state index is 10.5. The summed E-state index contributed by atoms with van der Waals surface area (Å²) in [7, 11) is 0. The van der Waals surface area contributed by atoms with Crippen LogP contribution in [0, 0.1) is 21.4 Å². The van der Waals surface area contributed by atoms with Crippen LogP contribution < -0.4 is 4.74 Å². The number of benzene rings is 1. The molecule has 0 atom stereocenters. The van der Waals surface area contributed by atoms with Gasteiger partial charge in [0.2, 0.25) is 5.88 Å². The lowest BCUT2D eigenvalue weighted by Gasteiger charge is -2.03. The predicted octanol–water partition coefficient (Wildman–Crippen LogP) is 2.05. The monoisotopic (exact) mass is 242 g/mol. The van der Waals surface area contributed by atoms with Gasteiger partial charge >= 0.3 is 0 Å². The Bertz CT molecular complexity index is 602. The van der Waals surface area contributed by atoms with Crippen LogP contribution in [0.15, 0.2) is 36.7 Å². The first-order valence-corrected chi connectivity index (χ1v) is 4.83. The Labute approximate surface area is 101 Å². The molecule has 7 nitrogen and oxygen atoms in total. The maximum Gasteiger partial charge on any atom is 0.269 e. The lowest BCUT2D eigenvalue weighted by molar-refractivity contribution is -0.384. The first-order chi connectivity index (χ1) is 8.69. The van der Waals surface area contributed by atoms with Gasteiger partial charge in [0.1, 0.15) is 11.8 Å². The molecule has 0 radical (unpaired) electrons. The van der Waals surface area contributed by atoms with E-state index in [0.29, 0.717) is 5.75 Å². The van der Waals surface area contributed by atoms with E-state index in [0.717, 1.165) is 0 Å². The van der Waals surface area contributed by atoms with Crippen LogP contribution in [-0.2, 0) is 0 Å². The highest BCUT2D eigenvalue weighted by atomic mass is 16.6. The number of hydrogen-bond donors (Lipinski definition) is 0. The number of ether oxygens (including phenoxy) is 1. The maximum absolute atomic E-state index is 10.5. The molecule has 1 aromatic carbocycles. The zero-order valence-electron chi connectivity index (χ0n) is 8.98. The fourth-order valence-corrected chi connectivity index (χ4v) is 1.18. The summed E-state index contributed by atoms with van der Waals surface area (Å²) < 4.78 is 5.31. The Hall–Kier alpha value is -3.01. The third kappa shape index (κ3) is 2.56. The molecule has 88 valence electrons. The predicted molar refractivity (Wildman–Crippen MR) is 59.9 cm³/mol. The van der Waals surface area contributed by atoms with Gasteiger partial charge in [-0.05, 0) is 12.1 Å². The number of hydrogen-bond acceptors (Lipinski definition) is 6. The normalized spacial score (nSPS) is 9.50. The molecule has 0 fully saturated rings. The van der Waals surface area contributed by atoms with Crippen molar-refractivity contribution in [3.05, 3.63) is 52.5 Å². The number of non-ortho nitro benzene ring substituents is 1. The van der Waals surface area contributed by atoms with E-state index < -0.39 is 4.92 Å². The van der Waals surface area contributed by atoms with E-state index in [-0.39, 0.29) is 17.3 Å². The summed E-state index contributed by atoms with van der Waals surface area (Å²) in [5, 5.41) is 19.0. The summed E-state index contributed by atoms with van der Waals surface area (Å²) in [6.45, 7) is 0. The summed E-state index contributed by atoms with van der Waals surface area (Å²) >= 11 is 0. The first-order valence-electron chi connectivity index (χ1n) is 4.83. The van der Waals surface area contributed by atoms with Gasteiger partial charge in [0.25, 0.3) is 5.69 Å². The van der Waals surface area contributed by atoms with Crippen LogP contribution in [0.25, 0.3) is 0 Å². The highest BCUT2D eigenvalue weighted by molar-refractivity contribution is 5.37. The SMILES string of the molecule is N#Cc1cnc(Oc2ccc([N+](=O)[O-])cc2)cn1. The number of nitro groups is 1. The van der Waals surface area contributed by atoms with Gasteiger partial charge in [0, 0.05) is 12.1 Å². The van der Waals surface area contributed by atoms with Gasteiger partial charge in [0.05, 0.1) is 17.3 Å². The Morgan fingerprint density at radius 3 is 2.44 bits per heavy atom. The molecule has 1 heterocycles. The minimum absolute atomic E-state index is 0.0201. The van der Waals surface area contributed by atoms with Crippen LogP contribution in [0.2, 0.25) is 0 Å². The van der Waals surface area contributed by atoms with Gasteiger partial charge < -0.3 is 4.74 Å². The van der Waals surface area contributed by atoms with Gasteiger partial charge in [-0.3, -0.25) is 10.1 Å². The smallest absolute Gasteiger partial charge is 0.269 e. The Morgan fingerprint density at radius 2 is 1.94 bits per heavy atom. The minimum atomic E-state index is -0.495. The molecule has 0 aliphatic carbocycles. The molecule has 0 spiro atoms. The molecule has 0 saturated carbocycles. The van der Waals surface area contributed by atoms with Crippen molar-refractivity contribution in [2.45, 2.75) is 0 Å². The third-order valence-corrected chi connectivity index (χ3v) is 2.01. The van der Waals surface area contributed by atoms with Gasteiger partial charge in [-0.25, -0.2) is 9.97 Å². The lowest BCUT2D eigenvalue weighted by Crippen LogP contribution is -1.92. The lowest BCUT2D eigenvalue weighted by atomic mass is 10.3. The number of nitrogens with zero attached hydrogens (tertiary/aromatic N) is 4. The summed E-state index contributed by atoms with van der Waals surface area (Å²) in [5.41, 5.74) is 0.166. The quantitative estimate of drug-likeness (QED) is 0.602. The molecule has 1 aromatic heterocycles. The van der Waals surface area contributed by atoms with E-state index in [9.17, 15) is 10.1 Å². The van der Waals surface area contributed by atoms with Gasteiger partial charge in [-0.1, -0.05) is 0 Å². The zero-order valence-corrected chi connectivity index (χ0v) is 8.98. The molecule has 2 rings (SSSR count). The Kier molecular flexibility index (Phi) is 3.11. The number of nitro benzene ring substituents is 1. The molecule has 0 amide bonds. The van der Waals surface area contributed by atoms with Crippen LogP contribution in [0.1, 0.15) is 5.69 Å². The third-order valence-electron chi connectivity index (χ3n) is 2.01. The van der Waals surface area contributed by atoms with Gasteiger partial charge in [-0.2, -0.15) is 5.26 Å². The van der Waals surface area contributed by atoms with Crippen molar-refractivity contribution in [3.8, 4) is 17.7 Å². The average molecular weight is 242 g/mol. The van der Waals surface area contributed by atoms with Gasteiger partial charge in [-0.15, -0.1) is 0 Å². The molecule has 0 saturated heterocycles. The second kappa shape index (κ2) is 4.88. The van der Waals surface area contributed by atoms with Crippen LogP contribution in [-0.4, -0.2) is 14.9 Å². The average Bonchev–Trinajstić information content (AvgIpc) is 2.40. The first kappa shape index (κ1) is 11.5. The highest BCUT2D eigenvalue weighted by Crippen LogP contribution is 2.21. The second-order valence-electron chi connectivity index (χ2n) is 3.20. The minimum Gasteiger partial charge on any atom is -0.437 e. The van der Waals surface area contributed by atoms with E-state index in [2.05, 4.69) is 9.97 Å². The Morgan fingerprint density at radius 1 is 1.22 bits per heavy atom. The summed E-state index contributed by atoms with van der Waals surface area (Å²) in [6, 6.07) is 7.40. The summed E-state index contributed by atoms with van der Waals surface area (Å²) in [6.07, 6.45) is 2.58. The molecular formula is C11H6N4O3. The van der Waals surface area contributed by atoms with Crippen LogP contribution in [0.3, 0.4) is 0 Å². The van der Waals surface area contributed by atoms with Crippen molar-refractivity contribution in [2.75, 3.05) is 0 Å². The Balaban J connectivity index is 2.13. The topological polar surface area (TPSA) is 102 Å². The largest absolute Gasteiger partial charge is 0.437 e. The van der Waals surface area contributed by atoms with Crippen molar-refractivity contribution in [3.63, 3.8) is 0 Å². The molecule has 0 aliphatic heterocycles. The van der Waals surface area contributed by atoms with E-state index in [1.54, 1.807) is 0 Å². The molecule has 18 heavy (non-hydrogen) atoms. The number of nitriles is 1. The second-order valence-corrected chi connectivity index (χ2v) is 3.20. The summed E-state index contributed by atoms with van der Waals surface area (Å²) in [4.78, 5) is 17.6. The summed E-state index contributed by atoms with van der Waals surface area (Å²) in [5.74, 6) is 0.613. The van der Waals surface area contributed by atoms with Gasteiger partial charge in [0.15, 0.2) is 5.69 Å². The molecular weight excluding hydrogens is 236 g/mol. The molecule has 7 heteroatoms. The van der Waals surface area contributed by atoms with Crippen LogP contribution >= 0.6 is 0 Å². The van der Waals surface area contributed by atoms with Crippen LogP contribution in [0.5, 0.6) is 11.6 Å². The van der Waals surface area contributed by atoms with E-state index >= 15 is 0 Å². The molecule has 0 aliphatic rings. The van der Waals surface area contributed by atoms with Crippen molar-refractivity contribution < 1.29 is 9.66 Å². The fraction of sp³-hybridized carbons (Fsp3) is 0. The van der Waals surface area contributed by atoms with E-state index in [1.165, 1.54) is 36.7 Å². The molecule has 0 unspecified atom stereocenters. The molecule has 0 N–H and O–H groups in total.